The number of hydrogen-bond acceptors (Lipinski definition) is 3. The number of halogens is 4. The van der Waals surface area contributed by atoms with Gasteiger partial charge >= 0.3 is 0 Å². The fraction of sp³-hybridized carbons (Fsp3) is 0.222. The zero-order valence-corrected chi connectivity index (χ0v) is 17.4. The average molecular weight is 449 g/mol. The third-order valence-corrected chi connectivity index (χ3v) is 4.82. The normalized spacial score (nSPS) is 10.4. The largest absolute Gasteiger partial charge is 0.375 e. The summed E-state index contributed by atoms with van der Waals surface area (Å²) < 4.78 is 0. The predicted molar refractivity (Wildman–Crippen MR) is 114 cm³/mol. The number of hydrogen-bond donors (Lipinski definition) is 3. The molecule has 0 aromatic heterocycles. The summed E-state index contributed by atoms with van der Waals surface area (Å²) >= 11 is 24.0. The first-order valence-corrected chi connectivity index (χ1v) is 9.59. The molecular formula is C18H17Cl4N3O2. The number of benzene rings is 2. The van der Waals surface area contributed by atoms with Crippen LogP contribution in [0.25, 0.3) is 0 Å². The number of rotatable bonds is 7. The zero-order chi connectivity index (χ0) is 20.0. The van der Waals surface area contributed by atoms with Crippen molar-refractivity contribution in [1.29, 1.82) is 0 Å². The number of anilines is 3. The van der Waals surface area contributed by atoms with E-state index in [4.69, 9.17) is 46.4 Å². The van der Waals surface area contributed by atoms with Crippen LogP contribution in [0, 0.1) is 0 Å². The first-order valence-electron chi connectivity index (χ1n) is 8.07. The molecule has 0 radical (unpaired) electrons. The van der Waals surface area contributed by atoms with Crippen LogP contribution in [0.1, 0.15) is 19.8 Å². The topological polar surface area (TPSA) is 70.2 Å². The van der Waals surface area contributed by atoms with Gasteiger partial charge in [0.05, 0.1) is 38.0 Å². The minimum absolute atomic E-state index is 0.0668. The maximum Gasteiger partial charge on any atom is 0.243 e. The van der Waals surface area contributed by atoms with Crippen molar-refractivity contribution in [2.24, 2.45) is 0 Å². The van der Waals surface area contributed by atoms with Crippen molar-refractivity contribution in [1.82, 2.24) is 0 Å². The number of nitrogens with one attached hydrogen (secondary N) is 3. The SMILES string of the molecule is CCCC(=O)Nc1ccc(Cl)c(NCC(=O)Nc2cc(Cl)c(Cl)cc2Cl)c1. The summed E-state index contributed by atoms with van der Waals surface area (Å²) in [4.78, 5) is 23.9. The lowest BCUT2D eigenvalue weighted by Crippen LogP contribution is -2.22. The van der Waals surface area contributed by atoms with Crippen molar-refractivity contribution in [3.8, 4) is 0 Å². The maximum atomic E-state index is 12.2. The Labute approximate surface area is 177 Å². The Bertz CT molecular complexity index is 859. The molecule has 0 saturated heterocycles. The standard InChI is InChI=1S/C18H17Cl4N3O2/c1-2-3-17(26)24-10-4-5-11(19)15(6-10)23-9-18(27)25-16-8-13(21)12(20)7-14(16)22/h4-8,23H,2-3,9H2,1H3,(H,24,26)(H,25,27). The third kappa shape index (κ3) is 6.47. The number of amides is 2. The van der Waals surface area contributed by atoms with Crippen LogP contribution in [0.4, 0.5) is 17.1 Å². The summed E-state index contributed by atoms with van der Waals surface area (Å²) in [7, 11) is 0. The molecule has 2 aromatic carbocycles. The Morgan fingerprint density at radius 3 is 2.22 bits per heavy atom. The van der Waals surface area contributed by atoms with Crippen molar-refractivity contribution in [3.63, 3.8) is 0 Å². The first kappa shape index (κ1) is 21.6. The molecule has 0 spiro atoms. The van der Waals surface area contributed by atoms with Crippen LogP contribution >= 0.6 is 46.4 Å². The van der Waals surface area contributed by atoms with Gasteiger partial charge < -0.3 is 16.0 Å². The van der Waals surface area contributed by atoms with Crippen LogP contribution < -0.4 is 16.0 Å². The van der Waals surface area contributed by atoms with Gasteiger partial charge in [0, 0.05) is 12.1 Å². The van der Waals surface area contributed by atoms with Crippen LogP contribution in [-0.4, -0.2) is 18.4 Å². The molecule has 144 valence electrons. The zero-order valence-electron chi connectivity index (χ0n) is 14.3. The van der Waals surface area contributed by atoms with Crippen LogP contribution in [0.5, 0.6) is 0 Å². The first-order chi connectivity index (χ1) is 12.8. The average Bonchev–Trinajstić information content (AvgIpc) is 2.60. The quantitative estimate of drug-likeness (QED) is 0.449. The molecule has 2 rings (SSSR count). The van der Waals surface area contributed by atoms with Crippen molar-refractivity contribution in [2.75, 3.05) is 22.5 Å². The molecule has 0 atom stereocenters. The van der Waals surface area contributed by atoms with E-state index in [0.29, 0.717) is 33.5 Å². The summed E-state index contributed by atoms with van der Waals surface area (Å²) in [6.45, 7) is 1.86. The summed E-state index contributed by atoms with van der Waals surface area (Å²) in [6.07, 6.45) is 1.18. The second-order valence-electron chi connectivity index (χ2n) is 5.64. The van der Waals surface area contributed by atoms with Gasteiger partial charge in [-0.1, -0.05) is 53.3 Å². The third-order valence-electron chi connectivity index (χ3n) is 3.45. The van der Waals surface area contributed by atoms with Crippen LogP contribution in [0.3, 0.4) is 0 Å². The van der Waals surface area contributed by atoms with Crippen molar-refractivity contribution in [2.45, 2.75) is 19.8 Å². The second kappa shape index (κ2) is 10.0. The predicted octanol–water partition coefficient (Wildman–Crippen LogP) is 6.09. The highest BCUT2D eigenvalue weighted by atomic mass is 35.5. The summed E-state index contributed by atoms with van der Waals surface area (Å²) in [6, 6.07) is 7.92. The number of carbonyl (C=O) groups excluding carboxylic acids is 2. The molecule has 0 fully saturated rings. The van der Waals surface area contributed by atoms with Crippen LogP contribution in [-0.2, 0) is 9.59 Å². The Kier molecular flexibility index (Phi) is 8.05. The van der Waals surface area contributed by atoms with E-state index in [1.54, 1.807) is 18.2 Å². The molecule has 0 aliphatic carbocycles. The summed E-state index contributed by atoms with van der Waals surface area (Å²) in [5.74, 6) is -0.440. The van der Waals surface area contributed by atoms with E-state index in [1.807, 2.05) is 6.92 Å². The molecule has 2 amide bonds. The molecule has 27 heavy (non-hydrogen) atoms. The van der Waals surface area contributed by atoms with Crippen LogP contribution in [0.15, 0.2) is 30.3 Å². The smallest absolute Gasteiger partial charge is 0.243 e. The number of carbonyl (C=O) groups is 2. The molecule has 0 heterocycles. The fourth-order valence-electron chi connectivity index (χ4n) is 2.18. The Morgan fingerprint density at radius 2 is 1.52 bits per heavy atom. The van der Waals surface area contributed by atoms with Crippen molar-refractivity contribution >= 4 is 75.3 Å². The van der Waals surface area contributed by atoms with E-state index < -0.39 is 0 Å². The molecule has 0 saturated carbocycles. The van der Waals surface area contributed by atoms with E-state index in [9.17, 15) is 9.59 Å². The van der Waals surface area contributed by atoms with E-state index >= 15 is 0 Å². The van der Waals surface area contributed by atoms with Gasteiger partial charge in [-0.25, -0.2) is 0 Å². The second-order valence-corrected chi connectivity index (χ2v) is 7.27. The molecule has 3 N–H and O–H groups in total. The highest BCUT2D eigenvalue weighted by Crippen LogP contribution is 2.32. The van der Waals surface area contributed by atoms with E-state index in [2.05, 4.69) is 16.0 Å². The Balaban J connectivity index is 2.00. The molecule has 0 aliphatic rings. The lowest BCUT2D eigenvalue weighted by Gasteiger charge is -2.12. The summed E-state index contributed by atoms with van der Waals surface area (Å²) in [5.41, 5.74) is 1.46. The van der Waals surface area contributed by atoms with Gasteiger partial charge in [0.2, 0.25) is 11.8 Å². The molecule has 5 nitrogen and oxygen atoms in total. The maximum absolute atomic E-state index is 12.2. The van der Waals surface area contributed by atoms with Crippen LogP contribution in [0.2, 0.25) is 20.1 Å². The van der Waals surface area contributed by atoms with E-state index in [0.717, 1.165) is 6.42 Å². The molecule has 2 aromatic rings. The Hall–Kier alpha value is -1.66. The van der Waals surface area contributed by atoms with Gasteiger partial charge in [-0.05, 0) is 36.8 Å². The molecule has 0 aliphatic heterocycles. The van der Waals surface area contributed by atoms with Crippen molar-refractivity contribution in [3.05, 3.63) is 50.4 Å². The van der Waals surface area contributed by atoms with Gasteiger partial charge in [0.15, 0.2) is 0 Å². The molecular weight excluding hydrogens is 432 g/mol. The molecule has 9 heteroatoms. The monoisotopic (exact) mass is 447 g/mol. The van der Waals surface area contributed by atoms with E-state index in [1.165, 1.54) is 12.1 Å². The lowest BCUT2D eigenvalue weighted by atomic mass is 10.2. The lowest BCUT2D eigenvalue weighted by molar-refractivity contribution is -0.116. The Morgan fingerprint density at radius 1 is 0.815 bits per heavy atom. The minimum Gasteiger partial charge on any atom is -0.375 e. The fourth-order valence-corrected chi connectivity index (χ4v) is 2.96. The van der Waals surface area contributed by atoms with Gasteiger partial charge in [0.1, 0.15) is 0 Å². The van der Waals surface area contributed by atoms with Gasteiger partial charge in [-0.2, -0.15) is 0 Å². The highest BCUT2D eigenvalue weighted by molar-refractivity contribution is 6.44. The minimum atomic E-state index is -0.355. The molecule has 0 bridgehead atoms. The highest BCUT2D eigenvalue weighted by Gasteiger charge is 2.11. The summed E-state index contributed by atoms with van der Waals surface area (Å²) in [5, 5.41) is 9.62. The van der Waals surface area contributed by atoms with Crippen molar-refractivity contribution < 1.29 is 9.59 Å². The van der Waals surface area contributed by atoms with Gasteiger partial charge in [0.25, 0.3) is 0 Å². The van der Waals surface area contributed by atoms with E-state index in [-0.39, 0.29) is 28.4 Å². The van der Waals surface area contributed by atoms with Gasteiger partial charge in [-0.3, -0.25) is 9.59 Å². The molecule has 0 unspecified atom stereocenters. The van der Waals surface area contributed by atoms with Gasteiger partial charge in [-0.15, -0.1) is 0 Å².